The summed E-state index contributed by atoms with van der Waals surface area (Å²) in [6.45, 7) is 5.68. The van der Waals surface area contributed by atoms with Gasteiger partial charge in [-0.2, -0.15) is 0 Å². The maximum atomic E-state index is 12.4. The Bertz CT molecular complexity index is 1170. The quantitative estimate of drug-likeness (QED) is 0.492. The van der Waals surface area contributed by atoms with Gasteiger partial charge in [-0.05, 0) is 61.4 Å². The summed E-state index contributed by atoms with van der Waals surface area (Å²) in [4.78, 5) is 17.2. The van der Waals surface area contributed by atoms with E-state index >= 15 is 0 Å². The number of ether oxygens (including phenoxy) is 1. The molecule has 1 heterocycles. The van der Waals surface area contributed by atoms with Crippen LogP contribution in [0, 0.1) is 13.8 Å². The van der Waals surface area contributed by atoms with Gasteiger partial charge in [-0.15, -0.1) is 0 Å². The SMILES string of the molecule is Cc1ccc(OCCn2c(CNC(=O)c3ccccc3)nc3ccccc32)cc1C. The molecule has 0 spiro atoms. The van der Waals surface area contributed by atoms with Gasteiger partial charge in [-0.25, -0.2) is 4.98 Å². The molecule has 0 aliphatic rings. The molecule has 0 atom stereocenters. The molecule has 0 bridgehead atoms. The van der Waals surface area contributed by atoms with Crippen LogP contribution in [0.3, 0.4) is 0 Å². The van der Waals surface area contributed by atoms with Crippen molar-refractivity contribution in [3.63, 3.8) is 0 Å². The van der Waals surface area contributed by atoms with E-state index < -0.39 is 0 Å². The van der Waals surface area contributed by atoms with Crippen LogP contribution in [0.5, 0.6) is 5.75 Å². The van der Waals surface area contributed by atoms with Crippen molar-refractivity contribution in [2.24, 2.45) is 0 Å². The van der Waals surface area contributed by atoms with E-state index in [1.54, 1.807) is 12.1 Å². The van der Waals surface area contributed by atoms with E-state index in [4.69, 9.17) is 9.72 Å². The summed E-state index contributed by atoms with van der Waals surface area (Å²) in [6.07, 6.45) is 0. The molecule has 0 unspecified atom stereocenters. The number of aromatic nitrogens is 2. The monoisotopic (exact) mass is 399 g/mol. The first-order valence-electron chi connectivity index (χ1n) is 10.1. The maximum absolute atomic E-state index is 12.4. The third-order valence-electron chi connectivity index (χ3n) is 5.24. The van der Waals surface area contributed by atoms with Crippen molar-refractivity contribution < 1.29 is 9.53 Å². The van der Waals surface area contributed by atoms with E-state index in [2.05, 4.69) is 35.9 Å². The van der Waals surface area contributed by atoms with Crippen molar-refractivity contribution >= 4 is 16.9 Å². The average Bonchev–Trinajstić information content (AvgIpc) is 3.13. The fraction of sp³-hybridized carbons (Fsp3) is 0.200. The fourth-order valence-electron chi connectivity index (χ4n) is 3.42. The van der Waals surface area contributed by atoms with Crippen LogP contribution in [0.2, 0.25) is 0 Å². The molecule has 5 heteroatoms. The van der Waals surface area contributed by atoms with Crippen molar-refractivity contribution in [3.8, 4) is 5.75 Å². The largest absolute Gasteiger partial charge is 0.492 e. The van der Waals surface area contributed by atoms with Gasteiger partial charge in [0.05, 0.1) is 24.1 Å². The molecule has 0 aliphatic heterocycles. The fourth-order valence-corrected chi connectivity index (χ4v) is 3.42. The third kappa shape index (κ3) is 4.35. The smallest absolute Gasteiger partial charge is 0.251 e. The van der Waals surface area contributed by atoms with Crippen LogP contribution < -0.4 is 10.1 Å². The number of hydrogen-bond acceptors (Lipinski definition) is 3. The zero-order chi connectivity index (χ0) is 20.9. The Morgan fingerprint density at radius 1 is 0.967 bits per heavy atom. The second-order valence-corrected chi connectivity index (χ2v) is 7.31. The molecule has 0 radical (unpaired) electrons. The first-order valence-corrected chi connectivity index (χ1v) is 10.1. The van der Waals surface area contributed by atoms with Gasteiger partial charge in [0.15, 0.2) is 0 Å². The molecule has 152 valence electrons. The van der Waals surface area contributed by atoms with E-state index in [1.165, 1.54) is 11.1 Å². The van der Waals surface area contributed by atoms with Crippen LogP contribution in [-0.4, -0.2) is 22.1 Å². The molecule has 1 N–H and O–H groups in total. The molecule has 4 rings (SSSR count). The number of hydrogen-bond donors (Lipinski definition) is 1. The highest BCUT2D eigenvalue weighted by Gasteiger charge is 2.12. The Hall–Kier alpha value is -3.60. The zero-order valence-corrected chi connectivity index (χ0v) is 17.3. The molecule has 5 nitrogen and oxygen atoms in total. The number of benzene rings is 3. The lowest BCUT2D eigenvalue weighted by molar-refractivity contribution is 0.0949. The van der Waals surface area contributed by atoms with Crippen LogP contribution >= 0.6 is 0 Å². The lowest BCUT2D eigenvalue weighted by Gasteiger charge is -2.12. The van der Waals surface area contributed by atoms with Crippen molar-refractivity contribution in [2.45, 2.75) is 26.9 Å². The minimum absolute atomic E-state index is 0.111. The number of aryl methyl sites for hydroxylation is 2. The number of nitrogens with one attached hydrogen (secondary N) is 1. The van der Waals surface area contributed by atoms with Gasteiger partial charge in [0, 0.05) is 5.56 Å². The standard InChI is InChI=1S/C25H25N3O2/c1-18-12-13-21(16-19(18)2)30-15-14-28-23-11-7-6-10-22(23)27-24(28)17-26-25(29)20-8-4-3-5-9-20/h3-13,16H,14-15,17H2,1-2H3,(H,26,29). The average molecular weight is 399 g/mol. The van der Waals surface area contributed by atoms with E-state index in [1.807, 2.05) is 48.5 Å². The Morgan fingerprint density at radius 2 is 1.73 bits per heavy atom. The molecule has 1 aromatic heterocycles. The Morgan fingerprint density at radius 3 is 2.53 bits per heavy atom. The van der Waals surface area contributed by atoms with Gasteiger partial charge < -0.3 is 14.6 Å². The van der Waals surface area contributed by atoms with Crippen molar-refractivity contribution in [1.82, 2.24) is 14.9 Å². The zero-order valence-electron chi connectivity index (χ0n) is 17.3. The topological polar surface area (TPSA) is 56.1 Å². The van der Waals surface area contributed by atoms with Gasteiger partial charge in [-0.3, -0.25) is 4.79 Å². The lowest BCUT2D eigenvalue weighted by Crippen LogP contribution is -2.25. The number of rotatable bonds is 7. The van der Waals surface area contributed by atoms with Crippen LogP contribution in [0.15, 0.2) is 72.8 Å². The predicted octanol–water partition coefficient (Wildman–Crippen LogP) is 4.66. The first-order chi connectivity index (χ1) is 14.6. The summed E-state index contributed by atoms with van der Waals surface area (Å²) in [5.41, 5.74) is 5.04. The van der Waals surface area contributed by atoms with Crippen LogP contribution in [-0.2, 0) is 13.1 Å². The van der Waals surface area contributed by atoms with Crippen LogP contribution in [0.4, 0.5) is 0 Å². The molecule has 0 saturated carbocycles. The minimum atomic E-state index is -0.111. The molecule has 1 amide bonds. The second kappa shape index (κ2) is 8.82. The molecular formula is C25H25N3O2. The first kappa shape index (κ1) is 19.7. The summed E-state index contributed by atoms with van der Waals surface area (Å²) in [5.74, 6) is 1.56. The highest BCUT2D eigenvalue weighted by Crippen LogP contribution is 2.18. The number of carbonyl (C=O) groups is 1. The molecule has 0 saturated heterocycles. The van der Waals surface area contributed by atoms with E-state index in [-0.39, 0.29) is 5.91 Å². The van der Waals surface area contributed by atoms with Gasteiger partial charge >= 0.3 is 0 Å². The third-order valence-corrected chi connectivity index (χ3v) is 5.24. The van der Waals surface area contributed by atoms with Crippen molar-refractivity contribution in [1.29, 1.82) is 0 Å². The highest BCUT2D eigenvalue weighted by atomic mass is 16.5. The summed E-state index contributed by atoms with van der Waals surface area (Å²) >= 11 is 0. The molecule has 0 aliphatic carbocycles. The van der Waals surface area contributed by atoms with Gasteiger partial charge in [0.1, 0.15) is 18.2 Å². The Labute approximate surface area is 176 Å². The number of nitrogens with zero attached hydrogens (tertiary/aromatic N) is 2. The van der Waals surface area contributed by atoms with Crippen molar-refractivity contribution in [3.05, 3.63) is 95.3 Å². The molecular weight excluding hydrogens is 374 g/mol. The summed E-state index contributed by atoms with van der Waals surface area (Å²) in [5, 5.41) is 2.98. The summed E-state index contributed by atoms with van der Waals surface area (Å²) < 4.78 is 8.09. The maximum Gasteiger partial charge on any atom is 0.251 e. The van der Waals surface area contributed by atoms with E-state index in [0.29, 0.717) is 25.3 Å². The van der Waals surface area contributed by atoms with Gasteiger partial charge in [-0.1, -0.05) is 36.4 Å². The highest BCUT2D eigenvalue weighted by molar-refractivity contribution is 5.94. The van der Waals surface area contributed by atoms with Crippen LogP contribution in [0.1, 0.15) is 27.3 Å². The van der Waals surface area contributed by atoms with Crippen molar-refractivity contribution in [2.75, 3.05) is 6.61 Å². The van der Waals surface area contributed by atoms with E-state index in [9.17, 15) is 4.79 Å². The number of amides is 1. The number of fused-ring (bicyclic) bond motifs is 1. The van der Waals surface area contributed by atoms with E-state index in [0.717, 1.165) is 22.6 Å². The second-order valence-electron chi connectivity index (χ2n) is 7.31. The van der Waals surface area contributed by atoms with Gasteiger partial charge in [0.25, 0.3) is 5.91 Å². The molecule has 3 aromatic carbocycles. The molecule has 30 heavy (non-hydrogen) atoms. The Kier molecular flexibility index (Phi) is 5.80. The summed E-state index contributed by atoms with van der Waals surface area (Å²) in [7, 11) is 0. The number of carbonyl (C=O) groups excluding carboxylic acids is 1. The number of para-hydroxylation sites is 2. The summed E-state index contributed by atoms with van der Waals surface area (Å²) in [6, 6.07) is 23.3. The van der Waals surface area contributed by atoms with Crippen LogP contribution in [0.25, 0.3) is 11.0 Å². The molecule has 0 fully saturated rings. The number of imidazole rings is 1. The van der Waals surface area contributed by atoms with Gasteiger partial charge in [0.2, 0.25) is 0 Å². The predicted molar refractivity (Wildman–Crippen MR) is 119 cm³/mol. The normalized spacial score (nSPS) is 10.9. The lowest BCUT2D eigenvalue weighted by atomic mass is 10.1. The minimum Gasteiger partial charge on any atom is -0.492 e. The Balaban J connectivity index is 1.48. The molecule has 4 aromatic rings.